The number of nitrogens with one attached hydrogen (secondary N) is 2. The van der Waals surface area contributed by atoms with Crippen LogP contribution in [0.1, 0.15) is 35.9 Å². The summed E-state index contributed by atoms with van der Waals surface area (Å²) >= 11 is 0. The third kappa shape index (κ3) is 4.50. The van der Waals surface area contributed by atoms with E-state index in [0.717, 1.165) is 0 Å². The van der Waals surface area contributed by atoms with Crippen LogP contribution in [0.4, 0.5) is 10.2 Å². The van der Waals surface area contributed by atoms with Crippen molar-refractivity contribution >= 4 is 11.7 Å². The van der Waals surface area contributed by atoms with Crippen LogP contribution < -0.4 is 10.6 Å². The lowest BCUT2D eigenvalue weighted by Crippen LogP contribution is -2.25. The molecule has 0 aliphatic heterocycles. The minimum atomic E-state index is -0.805. The van der Waals surface area contributed by atoms with Gasteiger partial charge in [-0.15, -0.1) is 0 Å². The number of benzene rings is 1. The van der Waals surface area contributed by atoms with Crippen LogP contribution in [0.2, 0.25) is 0 Å². The van der Waals surface area contributed by atoms with Crippen molar-refractivity contribution in [3.63, 3.8) is 0 Å². The zero-order valence-corrected chi connectivity index (χ0v) is 13.1. The van der Waals surface area contributed by atoms with Crippen LogP contribution in [0.15, 0.2) is 42.6 Å². The third-order valence-electron chi connectivity index (χ3n) is 3.42. The molecule has 2 rings (SSSR count). The first kappa shape index (κ1) is 16.9. The van der Waals surface area contributed by atoms with Crippen LogP contribution in [0.3, 0.4) is 0 Å². The molecule has 23 heavy (non-hydrogen) atoms. The summed E-state index contributed by atoms with van der Waals surface area (Å²) in [5.74, 6) is 0.0295. The number of hydrogen-bond donors (Lipinski definition) is 3. The summed E-state index contributed by atoms with van der Waals surface area (Å²) < 4.78 is 12.9. The maximum atomic E-state index is 12.9. The molecule has 5 nitrogen and oxygen atoms in total. The van der Waals surface area contributed by atoms with Crippen molar-refractivity contribution in [3.05, 3.63) is 59.5 Å². The Kier molecular flexibility index (Phi) is 5.65. The van der Waals surface area contributed by atoms with Crippen LogP contribution in [-0.2, 0) is 0 Å². The summed E-state index contributed by atoms with van der Waals surface area (Å²) in [6.45, 7) is 4.20. The van der Waals surface area contributed by atoms with Crippen molar-refractivity contribution < 1.29 is 14.3 Å². The van der Waals surface area contributed by atoms with Gasteiger partial charge in [-0.3, -0.25) is 4.79 Å². The molecular weight excluding hydrogens is 297 g/mol. The molecule has 2 unspecified atom stereocenters. The Morgan fingerprint density at radius 2 is 1.96 bits per heavy atom. The third-order valence-corrected chi connectivity index (χ3v) is 3.42. The van der Waals surface area contributed by atoms with Gasteiger partial charge < -0.3 is 15.7 Å². The molecule has 0 spiro atoms. The van der Waals surface area contributed by atoms with E-state index in [-0.39, 0.29) is 17.8 Å². The van der Waals surface area contributed by atoms with Crippen LogP contribution in [0.25, 0.3) is 0 Å². The van der Waals surface area contributed by atoms with Crippen molar-refractivity contribution in [1.82, 2.24) is 10.3 Å². The SMILES string of the molecule is CCNC(=O)c1ccc(NC(C)C(O)c2ccc(F)cc2)nc1. The fourth-order valence-corrected chi connectivity index (χ4v) is 2.14. The molecule has 2 atom stereocenters. The number of rotatable bonds is 6. The highest BCUT2D eigenvalue weighted by atomic mass is 19.1. The van der Waals surface area contributed by atoms with E-state index in [1.54, 1.807) is 31.2 Å². The topological polar surface area (TPSA) is 74.2 Å². The van der Waals surface area contributed by atoms with E-state index in [0.29, 0.717) is 23.5 Å². The highest BCUT2D eigenvalue weighted by Gasteiger charge is 2.17. The minimum absolute atomic E-state index is 0.175. The number of aromatic nitrogens is 1. The Morgan fingerprint density at radius 1 is 1.26 bits per heavy atom. The second-order valence-electron chi connectivity index (χ2n) is 5.22. The second kappa shape index (κ2) is 7.69. The van der Waals surface area contributed by atoms with Gasteiger partial charge in [-0.2, -0.15) is 0 Å². The van der Waals surface area contributed by atoms with Gasteiger partial charge in [0, 0.05) is 12.7 Å². The highest BCUT2D eigenvalue weighted by Crippen LogP contribution is 2.20. The molecule has 0 saturated carbocycles. The molecule has 3 N–H and O–H groups in total. The number of amides is 1. The van der Waals surface area contributed by atoms with Crippen LogP contribution in [0, 0.1) is 5.82 Å². The maximum absolute atomic E-state index is 12.9. The molecule has 1 heterocycles. The molecule has 0 aliphatic rings. The van der Waals surface area contributed by atoms with Gasteiger partial charge in [0.1, 0.15) is 11.6 Å². The Bertz CT molecular complexity index is 644. The summed E-state index contributed by atoms with van der Waals surface area (Å²) in [5, 5.41) is 16.0. The van der Waals surface area contributed by atoms with E-state index in [4.69, 9.17) is 0 Å². The van der Waals surface area contributed by atoms with Crippen molar-refractivity contribution in [2.24, 2.45) is 0 Å². The largest absolute Gasteiger partial charge is 0.386 e. The zero-order valence-electron chi connectivity index (χ0n) is 13.1. The number of aliphatic hydroxyl groups is 1. The van der Waals surface area contributed by atoms with E-state index in [9.17, 15) is 14.3 Å². The molecule has 0 saturated heterocycles. The van der Waals surface area contributed by atoms with E-state index >= 15 is 0 Å². The van der Waals surface area contributed by atoms with E-state index in [1.165, 1.54) is 18.3 Å². The molecule has 2 aromatic rings. The Labute approximate surface area is 134 Å². The van der Waals surface area contributed by atoms with Gasteiger partial charge in [-0.05, 0) is 43.7 Å². The number of aliphatic hydroxyl groups excluding tert-OH is 1. The van der Waals surface area contributed by atoms with E-state index in [2.05, 4.69) is 15.6 Å². The summed E-state index contributed by atoms with van der Waals surface area (Å²) in [6, 6.07) is 8.72. The van der Waals surface area contributed by atoms with Gasteiger partial charge in [0.25, 0.3) is 5.91 Å². The molecule has 6 heteroatoms. The maximum Gasteiger partial charge on any atom is 0.252 e. The van der Waals surface area contributed by atoms with Gasteiger partial charge >= 0.3 is 0 Å². The van der Waals surface area contributed by atoms with Crippen LogP contribution in [-0.4, -0.2) is 28.6 Å². The summed E-state index contributed by atoms with van der Waals surface area (Å²) in [6.07, 6.45) is 0.671. The lowest BCUT2D eigenvalue weighted by Gasteiger charge is -2.21. The summed E-state index contributed by atoms with van der Waals surface area (Å²) in [5.41, 5.74) is 1.09. The number of halogens is 1. The molecule has 0 aliphatic carbocycles. The van der Waals surface area contributed by atoms with Crippen molar-refractivity contribution in [2.45, 2.75) is 26.0 Å². The minimum Gasteiger partial charge on any atom is -0.386 e. The number of pyridine rings is 1. The second-order valence-corrected chi connectivity index (χ2v) is 5.22. The van der Waals surface area contributed by atoms with Crippen molar-refractivity contribution in [3.8, 4) is 0 Å². The highest BCUT2D eigenvalue weighted by molar-refractivity contribution is 5.93. The number of hydrogen-bond acceptors (Lipinski definition) is 4. The first-order valence-corrected chi connectivity index (χ1v) is 7.45. The lowest BCUT2D eigenvalue weighted by molar-refractivity contribution is 0.0955. The number of carbonyl (C=O) groups is 1. The first-order valence-electron chi connectivity index (χ1n) is 7.45. The molecule has 1 aromatic carbocycles. The molecule has 0 bridgehead atoms. The van der Waals surface area contributed by atoms with Crippen LogP contribution >= 0.6 is 0 Å². The monoisotopic (exact) mass is 317 g/mol. The summed E-state index contributed by atoms with van der Waals surface area (Å²) in [7, 11) is 0. The fourth-order valence-electron chi connectivity index (χ4n) is 2.14. The molecule has 1 aromatic heterocycles. The fraction of sp³-hybridized carbons (Fsp3) is 0.294. The predicted molar refractivity (Wildman–Crippen MR) is 86.7 cm³/mol. The number of carbonyl (C=O) groups excluding carboxylic acids is 1. The molecule has 1 amide bonds. The molecule has 122 valence electrons. The van der Waals surface area contributed by atoms with E-state index in [1.807, 2.05) is 6.92 Å². The Hall–Kier alpha value is -2.47. The van der Waals surface area contributed by atoms with Crippen molar-refractivity contribution in [1.29, 1.82) is 0 Å². The smallest absolute Gasteiger partial charge is 0.252 e. The average molecular weight is 317 g/mol. The normalized spacial score (nSPS) is 13.2. The number of anilines is 1. The van der Waals surface area contributed by atoms with Gasteiger partial charge in [-0.1, -0.05) is 12.1 Å². The molecular formula is C17H20FN3O2. The van der Waals surface area contributed by atoms with E-state index < -0.39 is 6.10 Å². The molecule has 0 radical (unpaired) electrons. The quantitative estimate of drug-likeness (QED) is 0.765. The van der Waals surface area contributed by atoms with Crippen molar-refractivity contribution in [2.75, 3.05) is 11.9 Å². The first-order chi connectivity index (χ1) is 11.0. The lowest BCUT2D eigenvalue weighted by atomic mass is 10.0. The van der Waals surface area contributed by atoms with Gasteiger partial charge in [0.15, 0.2) is 0 Å². The van der Waals surface area contributed by atoms with Gasteiger partial charge in [-0.25, -0.2) is 9.37 Å². The number of nitrogens with zero attached hydrogens (tertiary/aromatic N) is 1. The summed E-state index contributed by atoms with van der Waals surface area (Å²) in [4.78, 5) is 15.8. The van der Waals surface area contributed by atoms with Crippen LogP contribution in [0.5, 0.6) is 0 Å². The van der Waals surface area contributed by atoms with Gasteiger partial charge in [0.2, 0.25) is 0 Å². The standard InChI is InChI=1S/C17H20FN3O2/c1-3-19-17(23)13-6-9-15(20-10-13)21-11(2)16(22)12-4-7-14(18)8-5-12/h4-11,16,22H,3H2,1-2H3,(H,19,23)(H,20,21). The zero-order chi connectivity index (χ0) is 16.8. The molecule has 0 fully saturated rings. The average Bonchev–Trinajstić information content (AvgIpc) is 2.55. The Morgan fingerprint density at radius 3 is 2.52 bits per heavy atom. The predicted octanol–water partition coefficient (Wildman–Crippen LogP) is 2.50. The van der Waals surface area contributed by atoms with Gasteiger partial charge in [0.05, 0.1) is 17.7 Å². The Balaban J connectivity index is 2.00.